The van der Waals surface area contributed by atoms with Crippen molar-refractivity contribution in [3.63, 3.8) is 0 Å². The predicted molar refractivity (Wildman–Crippen MR) is 121 cm³/mol. The third kappa shape index (κ3) is 4.18. The Labute approximate surface area is 184 Å². The van der Waals surface area contributed by atoms with Gasteiger partial charge in [-0.1, -0.05) is 72.8 Å². The van der Waals surface area contributed by atoms with E-state index in [0.29, 0.717) is 16.4 Å². The van der Waals surface area contributed by atoms with Crippen molar-refractivity contribution in [1.82, 2.24) is 5.32 Å². The summed E-state index contributed by atoms with van der Waals surface area (Å²) >= 11 is 1.39. The van der Waals surface area contributed by atoms with E-state index in [1.165, 1.54) is 18.9 Å². The molecule has 5 nitrogen and oxygen atoms in total. The summed E-state index contributed by atoms with van der Waals surface area (Å²) in [6.07, 6.45) is 0. The first-order valence-corrected chi connectivity index (χ1v) is 10.8. The highest BCUT2D eigenvalue weighted by atomic mass is 32.2. The first kappa shape index (κ1) is 20.7. The number of allylic oxidation sites excluding steroid dienone is 1. The number of nitrogens with zero attached hydrogens (tertiary/aromatic N) is 1. The molecule has 0 aliphatic carbocycles. The van der Waals surface area contributed by atoms with Crippen LogP contribution in [0.15, 0.2) is 83.4 Å². The number of thioether (sulfide) groups is 1. The van der Waals surface area contributed by atoms with E-state index in [9.17, 15) is 14.9 Å². The highest BCUT2D eigenvalue weighted by Gasteiger charge is 2.44. The molecule has 0 bridgehead atoms. The maximum atomic E-state index is 12.9. The van der Waals surface area contributed by atoms with Gasteiger partial charge in [-0.2, -0.15) is 5.26 Å². The van der Waals surface area contributed by atoms with Crippen LogP contribution in [0.1, 0.15) is 17.0 Å². The van der Waals surface area contributed by atoms with Gasteiger partial charge in [0.15, 0.2) is 0 Å². The third-order valence-corrected chi connectivity index (χ3v) is 6.43. The lowest BCUT2D eigenvalue weighted by Crippen LogP contribution is -2.44. The smallest absolute Gasteiger partial charge is 0.319 e. The number of carbonyl (C=O) groups is 2. The number of benzene rings is 3. The zero-order chi connectivity index (χ0) is 21.8. The zero-order valence-electron chi connectivity index (χ0n) is 16.9. The fourth-order valence-electron chi connectivity index (χ4n) is 3.82. The molecule has 0 radical (unpaired) electrons. The molecule has 1 N–H and O–H groups in total. The molecule has 0 unspecified atom stereocenters. The Kier molecular flexibility index (Phi) is 6.06. The Morgan fingerprint density at radius 2 is 1.77 bits per heavy atom. The molecule has 0 saturated carbocycles. The van der Waals surface area contributed by atoms with Gasteiger partial charge in [0, 0.05) is 11.7 Å². The number of esters is 1. The van der Waals surface area contributed by atoms with Crippen LogP contribution in [0, 0.1) is 17.2 Å². The van der Waals surface area contributed by atoms with E-state index in [0.717, 1.165) is 21.9 Å². The first-order chi connectivity index (χ1) is 15.1. The van der Waals surface area contributed by atoms with Crippen molar-refractivity contribution in [3.05, 3.63) is 94.5 Å². The van der Waals surface area contributed by atoms with Gasteiger partial charge < -0.3 is 10.1 Å². The lowest BCUT2D eigenvalue weighted by atomic mass is 9.78. The lowest BCUT2D eigenvalue weighted by molar-refractivity contribution is -0.150. The number of fused-ring (bicyclic) bond motifs is 1. The Hall–Kier alpha value is -3.56. The average Bonchev–Trinajstić information content (AvgIpc) is 2.82. The molecule has 2 atom stereocenters. The minimum atomic E-state index is -1.10. The number of rotatable bonds is 5. The van der Waals surface area contributed by atoms with Crippen molar-refractivity contribution >= 4 is 34.4 Å². The molecule has 0 saturated heterocycles. The fourth-order valence-corrected chi connectivity index (χ4v) is 4.82. The standard InChI is InChI=1S/C25H20N2O3S/c1-30-25(29)22-21(18-8-3-2-4-9-18)20(14-26)24(27-23(22)28)31-15-16-11-12-17-7-5-6-10-19(17)13-16/h2-13,21-22H,15H2,1H3,(H,27,28)/t21-,22-/m1/s1. The van der Waals surface area contributed by atoms with E-state index in [1.54, 1.807) is 0 Å². The molecule has 3 aromatic carbocycles. The second kappa shape index (κ2) is 9.07. The van der Waals surface area contributed by atoms with Crippen LogP contribution < -0.4 is 5.32 Å². The minimum Gasteiger partial charge on any atom is -0.468 e. The molecular formula is C25H20N2O3S. The van der Waals surface area contributed by atoms with Crippen LogP contribution in [0.4, 0.5) is 0 Å². The van der Waals surface area contributed by atoms with Gasteiger partial charge >= 0.3 is 5.97 Å². The summed E-state index contributed by atoms with van der Waals surface area (Å²) in [7, 11) is 1.25. The van der Waals surface area contributed by atoms with Gasteiger partial charge in [-0.25, -0.2) is 0 Å². The molecule has 1 heterocycles. The van der Waals surface area contributed by atoms with Gasteiger partial charge in [0.05, 0.1) is 23.8 Å². The van der Waals surface area contributed by atoms with E-state index in [4.69, 9.17) is 4.74 Å². The van der Waals surface area contributed by atoms with E-state index >= 15 is 0 Å². The van der Waals surface area contributed by atoms with Crippen LogP contribution in [-0.2, 0) is 20.1 Å². The van der Waals surface area contributed by atoms with Gasteiger partial charge in [0.1, 0.15) is 5.92 Å². The monoisotopic (exact) mass is 428 g/mol. The summed E-state index contributed by atoms with van der Waals surface area (Å²) in [6.45, 7) is 0. The highest BCUT2D eigenvalue weighted by Crippen LogP contribution is 2.40. The number of hydrogen-bond acceptors (Lipinski definition) is 5. The van der Waals surface area contributed by atoms with E-state index in [-0.39, 0.29) is 0 Å². The second-order valence-corrected chi connectivity index (χ2v) is 8.19. The fraction of sp³-hybridized carbons (Fsp3) is 0.160. The maximum Gasteiger partial charge on any atom is 0.319 e. The van der Waals surface area contributed by atoms with Crippen LogP contribution in [-0.4, -0.2) is 19.0 Å². The summed E-state index contributed by atoms with van der Waals surface area (Å²) in [6, 6.07) is 25.7. The lowest BCUT2D eigenvalue weighted by Gasteiger charge is -2.31. The normalized spacial score (nSPS) is 18.4. The van der Waals surface area contributed by atoms with E-state index in [2.05, 4.69) is 35.7 Å². The number of hydrogen-bond donors (Lipinski definition) is 1. The van der Waals surface area contributed by atoms with Crippen molar-refractivity contribution in [2.24, 2.45) is 5.92 Å². The Morgan fingerprint density at radius 3 is 2.48 bits per heavy atom. The first-order valence-electron chi connectivity index (χ1n) is 9.80. The molecule has 154 valence electrons. The molecule has 31 heavy (non-hydrogen) atoms. The molecule has 4 rings (SSSR count). The number of carbonyl (C=O) groups excluding carboxylic acids is 2. The summed E-state index contributed by atoms with van der Waals surface area (Å²) < 4.78 is 4.87. The summed E-state index contributed by atoms with van der Waals surface area (Å²) in [5.41, 5.74) is 2.18. The van der Waals surface area contributed by atoms with Gasteiger partial charge in [0.25, 0.3) is 0 Å². The molecule has 0 fully saturated rings. The molecule has 1 aliphatic rings. The van der Waals surface area contributed by atoms with Gasteiger partial charge in [-0.3, -0.25) is 9.59 Å². The van der Waals surface area contributed by atoms with Gasteiger partial charge in [0.2, 0.25) is 5.91 Å². The van der Waals surface area contributed by atoms with E-state index < -0.39 is 23.7 Å². The molecule has 6 heteroatoms. The summed E-state index contributed by atoms with van der Waals surface area (Å²) in [5, 5.41) is 15.5. The number of ether oxygens (including phenoxy) is 1. The van der Waals surface area contributed by atoms with Crippen molar-refractivity contribution in [2.45, 2.75) is 11.7 Å². The molecule has 3 aromatic rings. The zero-order valence-corrected chi connectivity index (χ0v) is 17.7. The average molecular weight is 429 g/mol. The number of methoxy groups -OCH3 is 1. The summed E-state index contributed by atoms with van der Waals surface area (Å²) in [4.78, 5) is 25.3. The van der Waals surface area contributed by atoms with Crippen molar-refractivity contribution in [2.75, 3.05) is 7.11 Å². The van der Waals surface area contributed by atoms with Crippen LogP contribution in [0.3, 0.4) is 0 Å². The quantitative estimate of drug-likeness (QED) is 0.478. The Morgan fingerprint density at radius 1 is 1.06 bits per heavy atom. The molecule has 1 aliphatic heterocycles. The third-order valence-electron chi connectivity index (χ3n) is 5.34. The van der Waals surface area contributed by atoms with Crippen molar-refractivity contribution in [3.8, 4) is 6.07 Å². The van der Waals surface area contributed by atoms with Crippen molar-refractivity contribution < 1.29 is 14.3 Å². The number of amides is 1. The highest BCUT2D eigenvalue weighted by molar-refractivity contribution is 8.02. The topological polar surface area (TPSA) is 79.2 Å². The second-order valence-electron chi connectivity index (χ2n) is 7.20. The van der Waals surface area contributed by atoms with Crippen LogP contribution in [0.2, 0.25) is 0 Å². The van der Waals surface area contributed by atoms with Crippen LogP contribution >= 0.6 is 11.8 Å². The molecule has 0 aromatic heterocycles. The Bertz CT molecular complexity index is 1210. The van der Waals surface area contributed by atoms with Crippen LogP contribution in [0.25, 0.3) is 10.8 Å². The van der Waals surface area contributed by atoms with Gasteiger partial charge in [-0.15, -0.1) is 11.8 Å². The number of nitriles is 1. The van der Waals surface area contributed by atoms with E-state index in [1.807, 2.05) is 48.5 Å². The SMILES string of the molecule is COC(=O)[C@H]1C(=O)NC(SCc2ccc3ccccc3c2)=C(C#N)[C@H]1c1ccccc1. The van der Waals surface area contributed by atoms with Crippen molar-refractivity contribution in [1.29, 1.82) is 5.26 Å². The number of nitrogens with one attached hydrogen (secondary N) is 1. The minimum absolute atomic E-state index is 0.368. The summed E-state index contributed by atoms with van der Waals surface area (Å²) in [5.74, 6) is -2.33. The van der Waals surface area contributed by atoms with Crippen LogP contribution in [0.5, 0.6) is 0 Å². The molecule has 0 spiro atoms. The Balaban J connectivity index is 1.69. The predicted octanol–water partition coefficient (Wildman–Crippen LogP) is 4.51. The molecule has 1 amide bonds. The van der Waals surface area contributed by atoms with Gasteiger partial charge in [-0.05, 0) is 21.9 Å². The maximum absolute atomic E-state index is 12.9. The molecular weight excluding hydrogens is 408 g/mol. The largest absolute Gasteiger partial charge is 0.468 e.